The van der Waals surface area contributed by atoms with Gasteiger partial charge >= 0.3 is 0 Å². The Kier molecular flexibility index (Phi) is 5.27. The zero-order valence-electron chi connectivity index (χ0n) is 15.9. The van der Waals surface area contributed by atoms with Gasteiger partial charge in [-0.2, -0.15) is 0 Å². The lowest BCUT2D eigenvalue weighted by molar-refractivity contribution is -0.140. The first-order chi connectivity index (χ1) is 13.7. The Labute approximate surface area is 163 Å². The number of ether oxygens (including phenoxy) is 2. The predicted octanol–water partition coefficient (Wildman–Crippen LogP) is 2.62. The Bertz CT molecular complexity index is 913. The van der Waals surface area contributed by atoms with Crippen molar-refractivity contribution in [1.82, 2.24) is 14.7 Å². The highest BCUT2D eigenvalue weighted by atomic mass is 16.5. The largest absolute Gasteiger partial charge is 0.487 e. The van der Waals surface area contributed by atoms with Crippen LogP contribution in [0.3, 0.4) is 0 Å². The average Bonchev–Trinajstić information content (AvgIpc) is 3.17. The minimum Gasteiger partial charge on any atom is -0.487 e. The SMILES string of the molecule is COC1(C(=O)Nc2ccc(OCc3cn4ccccc4n3)cc2)CCNCC1. The van der Waals surface area contributed by atoms with E-state index in [2.05, 4.69) is 15.6 Å². The van der Waals surface area contributed by atoms with Gasteiger partial charge in [0.2, 0.25) is 0 Å². The molecule has 7 heteroatoms. The van der Waals surface area contributed by atoms with Gasteiger partial charge in [0.1, 0.15) is 23.6 Å². The van der Waals surface area contributed by atoms with Gasteiger partial charge < -0.3 is 24.5 Å². The van der Waals surface area contributed by atoms with E-state index in [1.54, 1.807) is 7.11 Å². The quantitative estimate of drug-likeness (QED) is 0.687. The smallest absolute Gasteiger partial charge is 0.256 e. The van der Waals surface area contributed by atoms with Crippen LogP contribution in [0, 0.1) is 0 Å². The molecule has 2 aromatic heterocycles. The van der Waals surface area contributed by atoms with Crippen LogP contribution in [0.5, 0.6) is 5.75 Å². The number of carbonyl (C=O) groups excluding carboxylic acids is 1. The number of imidazole rings is 1. The predicted molar refractivity (Wildman–Crippen MR) is 106 cm³/mol. The molecule has 0 unspecified atom stereocenters. The maximum absolute atomic E-state index is 12.7. The molecule has 0 aliphatic carbocycles. The Morgan fingerprint density at radius 1 is 1.21 bits per heavy atom. The van der Waals surface area contributed by atoms with Crippen molar-refractivity contribution in [3.05, 3.63) is 60.6 Å². The van der Waals surface area contributed by atoms with E-state index >= 15 is 0 Å². The Morgan fingerprint density at radius 2 is 2.00 bits per heavy atom. The summed E-state index contributed by atoms with van der Waals surface area (Å²) in [6, 6.07) is 13.2. The van der Waals surface area contributed by atoms with Gasteiger partial charge in [0.25, 0.3) is 5.91 Å². The molecule has 1 fully saturated rings. The number of benzene rings is 1. The van der Waals surface area contributed by atoms with Crippen molar-refractivity contribution in [2.24, 2.45) is 0 Å². The number of aromatic nitrogens is 2. The minimum absolute atomic E-state index is 0.102. The van der Waals surface area contributed by atoms with Gasteiger partial charge in [-0.3, -0.25) is 4.79 Å². The molecule has 0 spiro atoms. The first-order valence-corrected chi connectivity index (χ1v) is 9.41. The van der Waals surface area contributed by atoms with E-state index in [0.717, 1.165) is 35.9 Å². The fourth-order valence-electron chi connectivity index (χ4n) is 3.45. The summed E-state index contributed by atoms with van der Waals surface area (Å²) in [5.74, 6) is 0.619. The van der Waals surface area contributed by atoms with Crippen LogP contribution >= 0.6 is 0 Å². The summed E-state index contributed by atoms with van der Waals surface area (Å²) in [6.07, 6.45) is 5.23. The van der Waals surface area contributed by atoms with E-state index in [4.69, 9.17) is 9.47 Å². The van der Waals surface area contributed by atoms with E-state index in [1.165, 1.54) is 0 Å². The monoisotopic (exact) mass is 380 g/mol. The van der Waals surface area contributed by atoms with Crippen LogP contribution in [0.25, 0.3) is 5.65 Å². The van der Waals surface area contributed by atoms with Gasteiger partial charge in [0, 0.05) is 25.2 Å². The third-order valence-electron chi connectivity index (χ3n) is 5.13. The van der Waals surface area contributed by atoms with Crippen molar-refractivity contribution >= 4 is 17.2 Å². The topological polar surface area (TPSA) is 76.9 Å². The molecule has 0 atom stereocenters. The van der Waals surface area contributed by atoms with Gasteiger partial charge in [-0.25, -0.2) is 4.98 Å². The molecule has 4 rings (SSSR count). The molecule has 3 heterocycles. The summed E-state index contributed by atoms with van der Waals surface area (Å²) in [7, 11) is 1.60. The average molecular weight is 380 g/mol. The molecule has 3 aromatic rings. The second-order valence-electron chi connectivity index (χ2n) is 6.91. The molecule has 0 radical (unpaired) electrons. The van der Waals surface area contributed by atoms with E-state index in [9.17, 15) is 4.79 Å². The number of rotatable bonds is 6. The van der Waals surface area contributed by atoms with E-state index in [1.807, 2.05) is 59.3 Å². The van der Waals surface area contributed by atoms with Crippen LogP contribution in [0.2, 0.25) is 0 Å². The number of fused-ring (bicyclic) bond motifs is 1. The fraction of sp³-hybridized carbons (Fsp3) is 0.333. The highest BCUT2D eigenvalue weighted by Crippen LogP contribution is 2.25. The number of carbonyl (C=O) groups is 1. The molecule has 28 heavy (non-hydrogen) atoms. The molecule has 2 N–H and O–H groups in total. The van der Waals surface area contributed by atoms with Crippen LogP contribution in [-0.4, -0.2) is 41.1 Å². The van der Waals surface area contributed by atoms with Crippen LogP contribution in [0.4, 0.5) is 5.69 Å². The minimum atomic E-state index is -0.760. The number of anilines is 1. The Balaban J connectivity index is 1.36. The lowest BCUT2D eigenvalue weighted by Crippen LogP contribution is -2.51. The summed E-state index contributed by atoms with van der Waals surface area (Å²) in [4.78, 5) is 17.2. The van der Waals surface area contributed by atoms with Crippen LogP contribution in [-0.2, 0) is 16.1 Å². The van der Waals surface area contributed by atoms with Gasteiger partial charge in [0.15, 0.2) is 0 Å². The van der Waals surface area contributed by atoms with Gasteiger partial charge in [-0.1, -0.05) is 6.07 Å². The van der Waals surface area contributed by atoms with Gasteiger partial charge in [0.05, 0.1) is 5.69 Å². The van der Waals surface area contributed by atoms with Crippen LogP contribution in [0.15, 0.2) is 54.9 Å². The third-order valence-corrected chi connectivity index (χ3v) is 5.13. The number of nitrogens with zero attached hydrogens (tertiary/aromatic N) is 2. The number of hydrogen-bond donors (Lipinski definition) is 2. The Morgan fingerprint density at radius 3 is 2.71 bits per heavy atom. The first-order valence-electron chi connectivity index (χ1n) is 9.41. The molecule has 7 nitrogen and oxygen atoms in total. The highest BCUT2D eigenvalue weighted by molar-refractivity contribution is 5.97. The molecular formula is C21H24N4O3. The normalized spacial score (nSPS) is 16.0. The lowest BCUT2D eigenvalue weighted by atomic mass is 9.91. The van der Waals surface area contributed by atoms with E-state index in [0.29, 0.717) is 19.4 Å². The van der Waals surface area contributed by atoms with E-state index < -0.39 is 5.60 Å². The van der Waals surface area contributed by atoms with Crippen LogP contribution < -0.4 is 15.4 Å². The van der Waals surface area contributed by atoms with Crippen molar-refractivity contribution < 1.29 is 14.3 Å². The maximum atomic E-state index is 12.7. The molecule has 1 amide bonds. The Hall–Kier alpha value is -2.90. The van der Waals surface area contributed by atoms with Crippen molar-refractivity contribution in [3.8, 4) is 5.75 Å². The fourth-order valence-corrected chi connectivity index (χ4v) is 3.45. The maximum Gasteiger partial charge on any atom is 0.256 e. The summed E-state index contributed by atoms with van der Waals surface area (Å²) in [5.41, 5.74) is 1.71. The summed E-state index contributed by atoms with van der Waals surface area (Å²) in [5, 5.41) is 6.21. The van der Waals surface area contributed by atoms with Crippen LogP contribution in [0.1, 0.15) is 18.5 Å². The third kappa shape index (κ3) is 3.85. The number of methoxy groups -OCH3 is 1. The summed E-state index contributed by atoms with van der Waals surface area (Å²) >= 11 is 0. The number of hydrogen-bond acceptors (Lipinski definition) is 5. The van der Waals surface area contributed by atoms with E-state index in [-0.39, 0.29) is 5.91 Å². The molecule has 1 aromatic carbocycles. The second kappa shape index (κ2) is 8.00. The van der Waals surface area contributed by atoms with Crippen molar-refractivity contribution in [2.45, 2.75) is 25.0 Å². The second-order valence-corrected chi connectivity index (χ2v) is 6.91. The first kappa shape index (κ1) is 18.5. The molecule has 0 saturated carbocycles. The molecular weight excluding hydrogens is 356 g/mol. The van der Waals surface area contributed by atoms with Gasteiger partial charge in [-0.05, 0) is 62.3 Å². The zero-order chi connectivity index (χ0) is 19.4. The molecule has 146 valence electrons. The van der Waals surface area contributed by atoms with Gasteiger partial charge in [-0.15, -0.1) is 0 Å². The molecule has 1 aliphatic rings. The number of piperidine rings is 1. The van der Waals surface area contributed by atoms with Crippen molar-refractivity contribution in [3.63, 3.8) is 0 Å². The molecule has 0 bridgehead atoms. The summed E-state index contributed by atoms with van der Waals surface area (Å²) < 4.78 is 13.3. The van der Waals surface area contributed by atoms with Crippen molar-refractivity contribution in [2.75, 3.05) is 25.5 Å². The summed E-state index contributed by atoms with van der Waals surface area (Å²) in [6.45, 7) is 1.93. The molecule has 1 saturated heterocycles. The lowest BCUT2D eigenvalue weighted by Gasteiger charge is -2.34. The molecule has 1 aliphatic heterocycles. The number of pyridine rings is 1. The highest BCUT2D eigenvalue weighted by Gasteiger charge is 2.39. The standard InChI is InChI=1S/C21H24N4O3/c1-27-21(9-11-22-12-10-21)20(26)24-16-5-7-18(8-6-16)28-15-17-14-25-13-3-2-4-19(25)23-17/h2-8,13-14,22H,9-12,15H2,1H3,(H,24,26). The van der Waals surface area contributed by atoms with Crippen molar-refractivity contribution in [1.29, 1.82) is 0 Å². The number of amides is 1. The zero-order valence-corrected chi connectivity index (χ0v) is 15.9. The number of nitrogens with one attached hydrogen (secondary N) is 2.